The number of hydrogen-bond donors (Lipinski definition) is 1. The predicted molar refractivity (Wildman–Crippen MR) is 168 cm³/mol. The van der Waals surface area contributed by atoms with E-state index in [1.54, 1.807) is 24.4 Å². The van der Waals surface area contributed by atoms with Crippen LogP contribution in [0.1, 0.15) is 35.4 Å². The van der Waals surface area contributed by atoms with Crippen molar-refractivity contribution in [3.05, 3.63) is 83.0 Å². The lowest BCUT2D eigenvalue weighted by Gasteiger charge is -2.27. The van der Waals surface area contributed by atoms with E-state index in [-0.39, 0.29) is 18.1 Å². The minimum atomic E-state index is -3.96. The molecule has 43 heavy (non-hydrogen) atoms. The standard InChI is InChI=1S/C32H33N3O6S2/c1-23-10-14-27(15-11-23)43(36,37)40-22-26(41-32-9-5-6-18-38-32)21-39-25-13-16-28-29(19-25)42-31(35-28)8-4-3-7-24-12-17-30(33-2)34-20-24/h4,8,10-17,19-20,26,32H,5-6,9,18,21-22H2,1-2H3,(H,33,34). The van der Waals surface area contributed by atoms with Crippen molar-refractivity contribution in [2.24, 2.45) is 0 Å². The molecule has 3 heterocycles. The quantitative estimate of drug-likeness (QED) is 0.165. The van der Waals surface area contributed by atoms with E-state index >= 15 is 0 Å². The highest BCUT2D eigenvalue weighted by molar-refractivity contribution is 7.86. The Bertz CT molecular complexity index is 1700. The maximum Gasteiger partial charge on any atom is 0.297 e. The molecule has 1 aliphatic rings. The number of rotatable bonds is 11. The molecule has 2 unspecified atom stereocenters. The third-order valence-corrected chi connectivity index (χ3v) is 8.84. The lowest BCUT2D eigenvalue weighted by molar-refractivity contribution is -0.198. The summed E-state index contributed by atoms with van der Waals surface area (Å²) in [5.41, 5.74) is 2.63. The molecule has 2 aromatic carbocycles. The average molecular weight is 620 g/mol. The van der Waals surface area contributed by atoms with Gasteiger partial charge in [-0.3, -0.25) is 4.18 Å². The molecule has 0 saturated carbocycles. The third kappa shape index (κ3) is 8.86. The maximum atomic E-state index is 12.8. The molecule has 224 valence electrons. The molecule has 5 rings (SSSR count). The van der Waals surface area contributed by atoms with Crippen LogP contribution in [0.3, 0.4) is 0 Å². The van der Waals surface area contributed by atoms with Gasteiger partial charge in [-0.15, -0.1) is 11.3 Å². The molecule has 1 N–H and O–H groups in total. The van der Waals surface area contributed by atoms with Crippen LogP contribution < -0.4 is 10.1 Å². The summed E-state index contributed by atoms with van der Waals surface area (Å²) in [4.78, 5) is 8.99. The molecule has 2 aromatic heterocycles. The number of aromatic nitrogens is 2. The van der Waals surface area contributed by atoms with Crippen LogP contribution in [0.5, 0.6) is 5.75 Å². The second kappa shape index (κ2) is 14.6. The number of benzene rings is 2. The van der Waals surface area contributed by atoms with E-state index in [0.29, 0.717) is 12.4 Å². The molecule has 0 aliphatic carbocycles. The molecule has 9 nitrogen and oxygen atoms in total. The van der Waals surface area contributed by atoms with E-state index in [1.807, 2.05) is 50.4 Å². The monoisotopic (exact) mass is 619 g/mol. The molecule has 1 fully saturated rings. The third-order valence-electron chi connectivity index (χ3n) is 6.56. The lowest BCUT2D eigenvalue weighted by atomic mass is 10.2. The zero-order valence-corrected chi connectivity index (χ0v) is 25.6. The summed E-state index contributed by atoms with van der Waals surface area (Å²) in [6.45, 7) is 2.38. The number of aryl methyl sites for hydroxylation is 1. The number of nitrogens with zero attached hydrogens (tertiary/aromatic N) is 2. The molecular weight excluding hydrogens is 587 g/mol. The first-order valence-electron chi connectivity index (χ1n) is 14.0. The van der Waals surface area contributed by atoms with Crippen molar-refractivity contribution < 1.29 is 26.8 Å². The number of hydrogen-bond acceptors (Lipinski definition) is 10. The molecule has 11 heteroatoms. The number of ether oxygens (including phenoxy) is 3. The number of fused-ring (bicyclic) bond motifs is 1. The summed E-state index contributed by atoms with van der Waals surface area (Å²) in [6, 6.07) is 15.9. The van der Waals surface area contributed by atoms with Crippen LogP contribution in [-0.4, -0.2) is 57.6 Å². The van der Waals surface area contributed by atoms with Crippen molar-refractivity contribution in [3.63, 3.8) is 0 Å². The van der Waals surface area contributed by atoms with E-state index in [1.165, 1.54) is 23.5 Å². The van der Waals surface area contributed by atoms with Gasteiger partial charge in [0, 0.05) is 25.4 Å². The Balaban J connectivity index is 1.22. The Hall–Kier alpha value is -3.79. The first-order valence-corrected chi connectivity index (χ1v) is 16.2. The minimum Gasteiger partial charge on any atom is -0.491 e. The van der Waals surface area contributed by atoms with Crippen LogP contribution in [0.2, 0.25) is 0 Å². The highest BCUT2D eigenvalue weighted by Gasteiger charge is 2.24. The summed E-state index contributed by atoms with van der Waals surface area (Å²) in [5.74, 6) is 7.48. The van der Waals surface area contributed by atoms with Crippen LogP contribution in [0.4, 0.5) is 5.82 Å². The highest BCUT2D eigenvalue weighted by Crippen LogP contribution is 2.27. The van der Waals surface area contributed by atoms with Gasteiger partial charge >= 0.3 is 0 Å². The SMILES string of the molecule is CNc1ccc(C#CC=Cc2nc3ccc(OCC(COS(=O)(=O)c4ccc(C)cc4)OC4CCCCO4)cc3s2)cn1. The van der Waals surface area contributed by atoms with Gasteiger partial charge in [-0.2, -0.15) is 8.42 Å². The molecule has 1 saturated heterocycles. The van der Waals surface area contributed by atoms with Crippen molar-refractivity contribution in [1.82, 2.24) is 9.97 Å². The first kappa shape index (κ1) is 30.7. The van der Waals surface area contributed by atoms with Crippen molar-refractivity contribution in [3.8, 4) is 17.6 Å². The van der Waals surface area contributed by atoms with Gasteiger partial charge < -0.3 is 19.5 Å². The largest absolute Gasteiger partial charge is 0.491 e. The van der Waals surface area contributed by atoms with E-state index in [4.69, 9.17) is 18.4 Å². The van der Waals surface area contributed by atoms with E-state index in [9.17, 15) is 8.42 Å². The number of thiazole rings is 1. The van der Waals surface area contributed by atoms with Gasteiger partial charge in [0.25, 0.3) is 10.1 Å². The lowest BCUT2D eigenvalue weighted by Crippen LogP contribution is -2.35. The zero-order valence-electron chi connectivity index (χ0n) is 24.0. The van der Waals surface area contributed by atoms with Crippen LogP contribution in [0, 0.1) is 18.8 Å². The van der Waals surface area contributed by atoms with E-state index in [0.717, 1.165) is 51.4 Å². The molecule has 4 aromatic rings. The van der Waals surface area contributed by atoms with Crippen molar-refractivity contribution in [2.75, 3.05) is 32.2 Å². The maximum absolute atomic E-state index is 12.8. The Labute approximate surface area is 256 Å². The second-order valence-corrected chi connectivity index (χ2v) is 12.6. The molecule has 0 spiro atoms. The zero-order chi connectivity index (χ0) is 30.1. The van der Waals surface area contributed by atoms with Crippen LogP contribution >= 0.6 is 11.3 Å². The Kier molecular flexibility index (Phi) is 10.4. The fourth-order valence-electron chi connectivity index (χ4n) is 4.22. The van der Waals surface area contributed by atoms with E-state index < -0.39 is 22.5 Å². The van der Waals surface area contributed by atoms with Crippen LogP contribution in [-0.2, 0) is 23.8 Å². The Morgan fingerprint density at radius 2 is 2.00 bits per heavy atom. The van der Waals surface area contributed by atoms with Gasteiger partial charge in [-0.25, -0.2) is 9.97 Å². The summed E-state index contributed by atoms with van der Waals surface area (Å²) in [6.07, 6.45) is 6.94. The summed E-state index contributed by atoms with van der Waals surface area (Å²) in [7, 11) is -2.14. The van der Waals surface area contributed by atoms with Gasteiger partial charge in [-0.05, 0) is 80.8 Å². The Morgan fingerprint density at radius 1 is 1.14 bits per heavy atom. The van der Waals surface area contributed by atoms with E-state index in [2.05, 4.69) is 27.1 Å². The smallest absolute Gasteiger partial charge is 0.297 e. The second-order valence-electron chi connectivity index (χ2n) is 9.88. The van der Waals surface area contributed by atoms with Gasteiger partial charge in [0.2, 0.25) is 0 Å². The predicted octanol–water partition coefficient (Wildman–Crippen LogP) is 5.80. The summed E-state index contributed by atoms with van der Waals surface area (Å²) in [5, 5.41) is 3.79. The number of anilines is 1. The topological polar surface area (TPSA) is 109 Å². The van der Waals surface area contributed by atoms with Crippen LogP contribution in [0.15, 0.2) is 71.8 Å². The fourth-order valence-corrected chi connectivity index (χ4v) is 6.06. The van der Waals surface area contributed by atoms with Crippen molar-refractivity contribution >= 4 is 43.6 Å². The Morgan fingerprint density at radius 3 is 2.74 bits per heavy atom. The normalized spacial score (nSPS) is 16.1. The van der Waals surface area contributed by atoms with Gasteiger partial charge in [-0.1, -0.05) is 29.5 Å². The molecule has 0 amide bonds. The number of allylic oxidation sites excluding steroid dienone is 1. The molecule has 2 atom stereocenters. The molecular formula is C32H33N3O6S2. The van der Waals surface area contributed by atoms with Crippen LogP contribution in [0.25, 0.3) is 16.3 Å². The number of nitrogens with one attached hydrogen (secondary N) is 1. The van der Waals surface area contributed by atoms with Gasteiger partial charge in [0.1, 0.15) is 29.3 Å². The molecule has 0 radical (unpaired) electrons. The molecule has 0 bridgehead atoms. The fraction of sp³-hybridized carbons (Fsp3) is 0.312. The first-order chi connectivity index (χ1) is 20.9. The highest BCUT2D eigenvalue weighted by atomic mass is 32.2. The summed E-state index contributed by atoms with van der Waals surface area (Å²) < 4.78 is 49.7. The average Bonchev–Trinajstić information content (AvgIpc) is 3.44. The number of pyridine rings is 1. The van der Waals surface area contributed by atoms with Crippen molar-refractivity contribution in [1.29, 1.82) is 0 Å². The van der Waals surface area contributed by atoms with Gasteiger partial charge in [0.05, 0.1) is 21.7 Å². The van der Waals surface area contributed by atoms with Crippen molar-refractivity contribution in [2.45, 2.75) is 43.5 Å². The summed E-state index contributed by atoms with van der Waals surface area (Å²) >= 11 is 1.52. The van der Waals surface area contributed by atoms with Gasteiger partial charge in [0.15, 0.2) is 6.29 Å². The molecule has 1 aliphatic heterocycles. The minimum absolute atomic E-state index is 0.0834.